The van der Waals surface area contributed by atoms with E-state index in [2.05, 4.69) is 57.3 Å². The van der Waals surface area contributed by atoms with Gasteiger partial charge in [-0.15, -0.1) is 0 Å². The number of methoxy groups -OCH3 is 1. The van der Waals surface area contributed by atoms with E-state index >= 15 is 0 Å². The number of rotatable bonds is 5. The molecule has 7 heteroatoms. The molecule has 25 heavy (non-hydrogen) atoms. The molecule has 6 nitrogen and oxygen atoms in total. The van der Waals surface area contributed by atoms with Crippen LogP contribution in [0.4, 0.5) is 0 Å². The fourth-order valence-electron chi connectivity index (χ4n) is 2.12. The van der Waals surface area contributed by atoms with Crippen LogP contribution in [0.1, 0.15) is 38.0 Å². The number of benzene rings is 1. The minimum Gasteiger partial charge on any atom is -0.496 e. The molecule has 0 unspecified atom stereocenters. The van der Waals surface area contributed by atoms with Gasteiger partial charge < -0.3 is 19.8 Å². The van der Waals surface area contributed by atoms with Gasteiger partial charge in [0.15, 0.2) is 5.96 Å². The number of oxazole rings is 1. The first-order valence-electron chi connectivity index (χ1n) is 8.05. The van der Waals surface area contributed by atoms with Crippen molar-refractivity contribution in [3.8, 4) is 5.75 Å². The van der Waals surface area contributed by atoms with Gasteiger partial charge in [0.2, 0.25) is 5.89 Å². The number of nitrogens with one attached hydrogen (secondary N) is 2. The number of aliphatic imine (C=N–C) groups is 1. The van der Waals surface area contributed by atoms with Crippen molar-refractivity contribution in [1.29, 1.82) is 0 Å². The van der Waals surface area contributed by atoms with E-state index in [1.54, 1.807) is 20.4 Å². The zero-order valence-electron chi connectivity index (χ0n) is 15.3. The van der Waals surface area contributed by atoms with Gasteiger partial charge in [-0.3, -0.25) is 4.99 Å². The standard InChI is InChI=1S/C18H25BrN4O2/c1-18(2,3)15-10-21-16(25-15)11-23-17(20-4)22-9-12-6-7-14(24-5)13(19)8-12/h6-8,10H,9,11H2,1-5H3,(H2,20,22,23). The SMILES string of the molecule is CN=C(NCc1ccc(OC)c(Br)c1)NCc1ncc(C(C)(C)C)o1. The summed E-state index contributed by atoms with van der Waals surface area (Å²) in [4.78, 5) is 8.52. The maximum Gasteiger partial charge on any atom is 0.213 e. The van der Waals surface area contributed by atoms with E-state index in [9.17, 15) is 0 Å². The van der Waals surface area contributed by atoms with Crippen molar-refractivity contribution in [3.05, 3.63) is 46.1 Å². The van der Waals surface area contributed by atoms with E-state index in [1.165, 1.54) is 0 Å². The lowest BCUT2D eigenvalue weighted by Crippen LogP contribution is -2.36. The van der Waals surface area contributed by atoms with Crippen LogP contribution in [0.25, 0.3) is 0 Å². The molecule has 0 aliphatic carbocycles. The summed E-state index contributed by atoms with van der Waals surface area (Å²) in [6, 6.07) is 5.95. The molecule has 0 saturated heterocycles. The van der Waals surface area contributed by atoms with Crippen molar-refractivity contribution in [2.75, 3.05) is 14.2 Å². The molecule has 0 spiro atoms. The number of nitrogens with zero attached hydrogens (tertiary/aromatic N) is 2. The van der Waals surface area contributed by atoms with E-state index in [0.29, 0.717) is 24.9 Å². The Bertz CT molecular complexity index is 735. The third-order valence-corrected chi connectivity index (χ3v) is 4.22. The average Bonchev–Trinajstić information content (AvgIpc) is 3.04. The number of guanidine groups is 1. The highest BCUT2D eigenvalue weighted by molar-refractivity contribution is 9.10. The third-order valence-electron chi connectivity index (χ3n) is 3.60. The monoisotopic (exact) mass is 408 g/mol. The van der Waals surface area contributed by atoms with Crippen molar-refractivity contribution in [1.82, 2.24) is 15.6 Å². The molecule has 1 heterocycles. The molecule has 1 aromatic carbocycles. The van der Waals surface area contributed by atoms with Crippen LogP contribution >= 0.6 is 15.9 Å². The number of aromatic nitrogens is 1. The van der Waals surface area contributed by atoms with Crippen molar-refractivity contribution in [2.45, 2.75) is 39.3 Å². The van der Waals surface area contributed by atoms with Gasteiger partial charge >= 0.3 is 0 Å². The first-order chi connectivity index (χ1) is 11.8. The average molecular weight is 409 g/mol. The summed E-state index contributed by atoms with van der Waals surface area (Å²) < 4.78 is 11.9. The third kappa shape index (κ3) is 5.49. The van der Waals surface area contributed by atoms with E-state index in [4.69, 9.17) is 9.15 Å². The molecule has 0 atom stereocenters. The lowest BCUT2D eigenvalue weighted by molar-refractivity contribution is 0.379. The van der Waals surface area contributed by atoms with Crippen LogP contribution in [0.5, 0.6) is 5.75 Å². The Kier molecular flexibility index (Phi) is 6.47. The van der Waals surface area contributed by atoms with Crippen LogP contribution in [0, 0.1) is 0 Å². The molecule has 0 saturated carbocycles. The Morgan fingerprint density at radius 2 is 2.00 bits per heavy atom. The summed E-state index contributed by atoms with van der Waals surface area (Å²) in [6.07, 6.45) is 1.78. The molecule has 0 amide bonds. The van der Waals surface area contributed by atoms with Crippen molar-refractivity contribution < 1.29 is 9.15 Å². The Hall–Kier alpha value is -2.02. The van der Waals surface area contributed by atoms with Gasteiger partial charge in [-0.05, 0) is 33.6 Å². The van der Waals surface area contributed by atoms with E-state index in [-0.39, 0.29) is 5.41 Å². The first kappa shape index (κ1) is 19.3. The maximum absolute atomic E-state index is 5.77. The van der Waals surface area contributed by atoms with Crippen molar-refractivity contribution in [3.63, 3.8) is 0 Å². The highest BCUT2D eigenvalue weighted by atomic mass is 79.9. The van der Waals surface area contributed by atoms with Gasteiger partial charge in [0, 0.05) is 19.0 Å². The lowest BCUT2D eigenvalue weighted by atomic mass is 9.94. The van der Waals surface area contributed by atoms with Crippen molar-refractivity contribution >= 4 is 21.9 Å². The Morgan fingerprint density at radius 1 is 1.28 bits per heavy atom. The largest absolute Gasteiger partial charge is 0.496 e. The van der Waals surface area contributed by atoms with Crippen LogP contribution < -0.4 is 15.4 Å². The Balaban J connectivity index is 1.89. The fourth-order valence-corrected chi connectivity index (χ4v) is 2.71. The topological polar surface area (TPSA) is 71.7 Å². The molecule has 0 fully saturated rings. The predicted octanol–water partition coefficient (Wildman–Crippen LogP) is 3.61. The van der Waals surface area contributed by atoms with E-state index in [1.807, 2.05) is 18.2 Å². The molecule has 1 aromatic heterocycles. The summed E-state index contributed by atoms with van der Waals surface area (Å²) in [5.74, 6) is 3.00. The lowest BCUT2D eigenvalue weighted by Gasteiger charge is -2.13. The molecule has 2 N–H and O–H groups in total. The zero-order chi connectivity index (χ0) is 18.4. The van der Waals surface area contributed by atoms with Gasteiger partial charge in [-0.1, -0.05) is 26.8 Å². The van der Waals surface area contributed by atoms with Gasteiger partial charge in [0.05, 0.1) is 24.3 Å². The number of hydrogen-bond donors (Lipinski definition) is 2. The van der Waals surface area contributed by atoms with Crippen LogP contribution in [0.15, 0.2) is 38.3 Å². The molecule has 0 bridgehead atoms. The van der Waals surface area contributed by atoms with Crippen molar-refractivity contribution in [2.24, 2.45) is 4.99 Å². The maximum atomic E-state index is 5.77. The van der Waals surface area contributed by atoms with Crippen LogP contribution in [-0.2, 0) is 18.5 Å². The summed E-state index contributed by atoms with van der Waals surface area (Å²) >= 11 is 3.49. The second kappa shape index (κ2) is 8.38. The zero-order valence-corrected chi connectivity index (χ0v) is 16.9. The highest BCUT2D eigenvalue weighted by Crippen LogP contribution is 2.25. The molecule has 2 aromatic rings. The molecule has 0 aliphatic heterocycles. The molecular formula is C18H25BrN4O2. The van der Waals surface area contributed by atoms with Crippen LogP contribution in [0.2, 0.25) is 0 Å². The van der Waals surface area contributed by atoms with Crippen LogP contribution in [0.3, 0.4) is 0 Å². The minimum absolute atomic E-state index is 0.0487. The molecule has 136 valence electrons. The quantitative estimate of drug-likeness (QED) is 0.583. The normalized spacial score (nSPS) is 12.2. The summed E-state index contributed by atoms with van der Waals surface area (Å²) in [5.41, 5.74) is 1.06. The number of hydrogen-bond acceptors (Lipinski definition) is 4. The Labute approximate surface area is 157 Å². The summed E-state index contributed by atoms with van der Waals surface area (Å²) in [5, 5.41) is 6.47. The molecule has 0 radical (unpaired) electrons. The van der Waals surface area contributed by atoms with Gasteiger partial charge in [0.25, 0.3) is 0 Å². The first-order valence-corrected chi connectivity index (χ1v) is 8.85. The molecular weight excluding hydrogens is 384 g/mol. The van der Waals surface area contributed by atoms with Gasteiger partial charge in [-0.2, -0.15) is 0 Å². The fraction of sp³-hybridized carbons (Fsp3) is 0.444. The van der Waals surface area contributed by atoms with Gasteiger partial charge in [0.1, 0.15) is 11.5 Å². The summed E-state index contributed by atoms with van der Waals surface area (Å²) in [6.45, 7) is 7.40. The number of ether oxygens (including phenoxy) is 1. The van der Waals surface area contributed by atoms with E-state index in [0.717, 1.165) is 21.5 Å². The summed E-state index contributed by atoms with van der Waals surface area (Å²) in [7, 11) is 3.38. The molecule has 0 aliphatic rings. The van der Waals surface area contributed by atoms with Gasteiger partial charge in [-0.25, -0.2) is 4.98 Å². The molecule has 2 rings (SSSR count). The predicted molar refractivity (Wildman–Crippen MR) is 103 cm³/mol. The number of halogens is 1. The minimum atomic E-state index is -0.0487. The Morgan fingerprint density at radius 3 is 2.56 bits per heavy atom. The van der Waals surface area contributed by atoms with E-state index < -0.39 is 0 Å². The highest BCUT2D eigenvalue weighted by Gasteiger charge is 2.19. The smallest absolute Gasteiger partial charge is 0.213 e. The second-order valence-electron chi connectivity index (χ2n) is 6.62. The second-order valence-corrected chi connectivity index (χ2v) is 7.47. The van der Waals surface area contributed by atoms with Crippen LogP contribution in [-0.4, -0.2) is 25.1 Å².